The van der Waals surface area contributed by atoms with Crippen molar-refractivity contribution in [2.24, 2.45) is 11.7 Å². The summed E-state index contributed by atoms with van der Waals surface area (Å²) in [6, 6.07) is 4.95. The summed E-state index contributed by atoms with van der Waals surface area (Å²) in [5.41, 5.74) is 5.20. The minimum absolute atomic E-state index is 0.266. The molecule has 2 nitrogen and oxygen atoms in total. The predicted octanol–water partition coefficient (Wildman–Crippen LogP) is 2.76. The first kappa shape index (κ1) is 13.5. The van der Waals surface area contributed by atoms with Gasteiger partial charge in [-0.1, -0.05) is 19.1 Å². The molecule has 0 aliphatic rings. The second-order valence-corrected chi connectivity index (χ2v) is 4.04. The second kappa shape index (κ2) is 5.21. The van der Waals surface area contributed by atoms with Gasteiger partial charge < -0.3 is 5.73 Å². The van der Waals surface area contributed by atoms with E-state index in [1.165, 1.54) is 12.1 Å². The summed E-state index contributed by atoms with van der Waals surface area (Å²) in [5, 5.41) is 0. The maximum Gasteiger partial charge on any atom is 0.416 e. The summed E-state index contributed by atoms with van der Waals surface area (Å²) in [7, 11) is 0. The smallest absolute Gasteiger partial charge is 0.369 e. The predicted molar refractivity (Wildman–Crippen MR) is 58.1 cm³/mol. The highest BCUT2D eigenvalue weighted by atomic mass is 19.4. The normalized spacial score (nSPS) is 13.4. The molecule has 0 aliphatic carbocycles. The Morgan fingerprint density at radius 2 is 1.82 bits per heavy atom. The van der Waals surface area contributed by atoms with Gasteiger partial charge in [0.15, 0.2) is 0 Å². The Bertz CT molecular complexity index is 384. The van der Waals surface area contributed by atoms with E-state index >= 15 is 0 Å². The largest absolute Gasteiger partial charge is 0.416 e. The standard InChI is InChI=1S/C12H14F3NO/c1-8(11(16)17)2-3-9-4-6-10(7-5-9)12(13,14)15/h4-8H,2-3H2,1H3,(H2,16,17)/t8-/m1/s1. The molecule has 0 fully saturated rings. The van der Waals surface area contributed by atoms with Crippen LogP contribution in [0.15, 0.2) is 24.3 Å². The molecule has 0 bridgehead atoms. The summed E-state index contributed by atoms with van der Waals surface area (Å²) in [6.45, 7) is 1.70. The molecular weight excluding hydrogens is 231 g/mol. The van der Waals surface area contributed by atoms with Gasteiger partial charge in [0, 0.05) is 5.92 Å². The Hall–Kier alpha value is -1.52. The number of primary amides is 1. The van der Waals surface area contributed by atoms with Crippen LogP contribution in [0.1, 0.15) is 24.5 Å². The molecule has 5 heteroatoms. The quantitative estimate of drug-likeness (QED) is 0.870. The zero-order chi connectivity index (χ0) is 13.1. The van der Waals surface area contributed by atoms with Crippen molar-refractivity contribution >= 4 is 5.91 Å². The van der Waals surface area contributed by atoms with Gasteiger partial charge in [0.25, 0.3) is 0 Å². The minimum Gasteiger partial charge on any atom is -0.369 e. The highest BCUT2D eigenvalue weighted by Crippen LogP contribution is 2.29. The molecule has 0 aromatic heterocycles. The first-order valence-corrected chi connectivity index (χ1v) is 5.26. The summed E-state index contributed by atoms with van der Waals surface area (Å²) in [4.78, 5) is 10.8. The molecular formula is C12H14F3NO. The SMILES string of the molecule is C[C@H](CCc1ccc(C(F)(F)F)cc1)C(N)=O. The van der Waals surface area contributed by atoms with Gasteiger partial charge in [-0.25, -0.2) is 0 Å². The van der Waals surface area contributed by atoms with Crippen LogP contribution >= 0.6 is 0 Å². The van der Waals surface area contributed by atoms with Crippen LogP contribution in [-0.4, -0.2) is 5.91 Å². The van der Waals surface area contributed by atoms with Crippen molar-refractivity contribution in [1.82, 2.24) is 0 Å². The third-order valence-electron chi connectivity index (χ3n) is 2.63. The van der Waals surface area contributed by atoms with E-state index in [4.69, 9.17) is 5.73 Å². The Morgan fingerprint density at radius 1 is 1.29 bits per heavy atom. The van der Waals surface area contributed by atoms with Gasteiger partial charge in [-0.15, -0.1) is 0 Å². The lowest BCUT2D eigenvalue weighted by molar-refractivity contribution is -0.137. The molecule has 1 rings (SSSR count). The molecule has 1 atom stereocenters. The number of amides is 1. The fourth-order valence-corrected chi connectivity index (χ4v) is 1.39. The maximum absolute atomic E-state index is 12.3. The number of nitrogens with two attached hydrogens (primary N) is 1. The average Bonchev–Trinajstić information content (AvgIpc) is 2.25. The van der Waals surface area contributed by atoms with Crippen LogP contribution in [0.4, 0.5) is 13.2 Å². The van der Waals surface area contributed by atoms with Crippen molar-refractivity contribution in [2.45, 2.75) is 25.9 Å². The molecule has 0 saturated carbocycles. The summed E-state index contributed by atoms with van der Waals surface area (Å²) < 4.78 is 36.8. The van der Waals surface area contributed by atoms with Crippen molar-refractivity contribution in [2.75, 3.05) is 0 Å². The van der Waals surface area contributed by atoms with Crippen LogP contribution < -0.4 is 5.73 Å². The van der Waals surface area contributed by atoms with Crippen LogP contribution in [0.3, 0.4) is 0 Å². The van der Waals surface area contributed by atoms with Gasteiger partial charge >= 0.3 is 6.18 Å². The highest BCUT2D eigenvalue weighted by Gasteiger charge is 2.29. The van der Waals surface area contributed by atoms with E-state index in [0.29, 0.717) is 12.8 Å². The highest BCUT2D eigenvalue weighted by molar-refractivity contribution is 5.76. The number of aryl methyl sites for hydroxylation is 1. The third kappa shape index (κ3) is 4.09. The van der Waals surface area contributed by atoms with Crippen molar-refractivity contribution < 1.29 is 18.0 Å². The first-order chi connectivity index (χ1) is 7.80. The monoisotopic (exact) mass is 245 g/mol. The number of rotatable bonds is 4. The van der Waals surface area contributed by atoms with E-state index in [1.54, 1.807) is 6.92 Å². The van der Waals surface area contributed by atoms with E-state index in [2.05, 4.69) is 0 Å². The fraction of sp³-hybridized carbons (Fsp3) is 0.417. The van der Waals surface area contributed by atoms with Crippen LogP contribution in [0.5, 0.6) is 0 Å². The van der Waals surface area contributed by atoms with E-state index in [0.717, 1.165) is 17.7 Å². The van der Waals surface area contributed by atoms with Gasteiger partial charge in [-0.3, -0.25) is 4.79 Å². The summed E-state index contributed by atoms with van der Waals surface area (Å²) in [6.07, 6.45) is -3.22. The summed E-state index contributed by atoms with van der Waals surface area (Å²) in [5.74, 6) is -0.658. The number of carbonyl (C=O) groups excluding carboxylic acids is 1. The van der Waals surface area contributed by atoms with Gasteiger partial charge in [0.05, 0.1) is 5.56 Å². The molecule has 1 amide bonds. The molecule has 94 valence electrons. The van der Waals surface area contributed by atoms with Crippen LogP contribution in [0, 0.1) is 5.92 Å². The lowest BCUT2D eigenvalue weighted by Gasteiger charge is -2.09. The van der Waals surface area contributed by atoms with Crippen molar-refractivity contribution in [1.29, 1.82) is 0 Å². The average molecular weight is 245 g/mol. The molecule has 0 spiro atoms. The molecule has 0 aliphatic heterocycles. The van der Waals surface area contributed by atoms with Gasteiger partial charge in [0.1, 0.15) is 0 Å². The fourth-order valence-electron chi connectivity index (χ4n) is 1.39. The summed E-state index contributed by atoms with van der Waals surface area (Å²) >= 11 is 0. The van der Waals surface area contributed by atoms with Gasteiger partial charge in [0.2, 0.25) is 5.91 Å². The van der Waals surface area contributed by atoms with Crippen LogP contribution in [0.2, 0.25) is 0 Å². The van der Waals surface area contributed by atoms with Crippen LogP contribution in [0.25, 0.3) is 0 Å². The zero-order valence-electron chi connectivity index (χ0n) is 9.42. The Kier molecular flexibility index (Phi) is 4.15. The van der Waals surface area contributed by atoms with Crippen molar-refractivity contribution in [3.05, 3.63) is 35.4 Å². The molecule has 0 heterocycles. The number of benzene rings is 1. The van der Waals surface area contributed by atoms with Crippen molar-refractivity contribution in [3.63, 3.8) is 0 Å². The number of hydrogen-bond acceptors (Lipinski definition) is 1. The van der Waals surface area contributed by atoms with Gasteiger partial charge in [-0.2, -0.15) is 13.2 Å². The van der Waals surface area contributed by atoms with E-state index in [1.807, 2.05) is 0 Å². The number of alkyl halides is 3. The molecule has 17 heavy (non-hydrogen) atoms. The topological polar surface area (TPSA) is 43.1 Å². The van der Waals surface area contributed by atoms with Gasteiger partial charge in [-0.05, 0) is 30.5 Å². The van der Waals surface area contributed by atoms with E-state index in [-0.39, 0.29) is 5.92 Å². The molecule has 0 unspecified atom stereocenters. The zero-order valence-corrected chi connectivity index (χ0v) is 9.42. The Labute approximate surface area is 97.6 Å². The minimum atomic E-state index is -4.31. The molecule has 2 N–H and O–H groups in total. The molecule has 1 aromatic carbocycles. The second-order valence-electron chi connectivity index (χ2n) is 4.04. The van der Waals surface area contributed by atoms with Crippen LogP contribution in [-0.2, 0) is 17.4 Å². The number of hydrogen-bond donors (Lipinski definition) is 1. The molecule has 0 saturated heterocycles. The third-order valence-corrected chi connectivity index (χ3v) is 2.63. The molecule has 0 radical (unpaired) electrons. The molecule has 1 aromatic rings. The first-order valence-electron chi connectivity index (χ1n) is 5.26. The van der Waals surface area contributed by atoms with Crippen molar-refractivity contribution in [3.8, 4) is 0 Å². The Morgan fingerprint density at radius 3 is 2.24 bits per heavy atom. The maximum atomic E-state index is 12.3. The lowest BCUT2D eigenvalue weighted by Crippen LogP contribution is -2.20. The number of carbonyl (C=O) groups is 1. The number of halogens is 3. The van der Waals surface area contributed by atoms with E-state index in [9.17, 15) is 18.0 Å². The lowest BCUT2D eigenvalue weighted by atomic mass is 10.00. The van der Waals surface area contributed by atoms with E-state index < -0.39 is 17.6 Å². The Balaban J connectivity index is 2.60.